The van der Waals surface area contributed by atoms with Gasteiger partial charge in [0.25, 0.3) is 0 Å². The maximum absolute atomic E-state index is 6.77. The molecule has 0 radical (unpaired) electrons. The second-order valence-corrected chi connectivity index (χ2v) is 5.64. The largest absolute Gasteiger partial charge is 1.00 e. The van der Waals surface area contributed by atoms with Gasteiger partial charge < -0.3 is 34.3 Å². The highest BCUT2D eigenvalue weighted by atomic mass is 35.5. The summed E-state index contributed by atoms with van der Waals surface area (Å²) in [5.41, 5.74) is 14.4. The number of nitrogens with one attached hydrogen (secondary N) is 2. The van der Waals surface area contributed by atoms with Gasteiger partial charge in [-0.1, -0.05) is 23.2 Å². The van der Waals surface area contributed by atoms with E-state index in [9.17, 15) is 0 Å². The Hall–Kier alpha value is -1.02. The minimum atomic E-state index is 0. The molecule has 0 aliphatic heterocycles. The molecule has 6 nitrogen and oxygen atoms in total. The van der Waals surface area contributed by atoms with Crippen LogP contribution in [0.3, 0.4) is 0 Å². The average molecular weight is 497 g/mol. The van der Waals surface area contributed by atoms with Gasteiger partial charge in [-0.15, -0.1) is 23.2 Å². The van der Waals surface area contributed by atoms with Gasteiger partial charge in [-0.25, -0.2) is 11.1 Å². The highest BCUT2D eigenvalue weighted by Crippen LogP contribution is 2.30. The van der Waals surface area contributed by atoms with E-state index < -0.39 is 0 Å². The summed E-state index contributed by atoms with van der Waals surface area (Å²) in [7, 11) is 3.05. The summed E-state index contributed by atoms with van der Waals surface area (Å²) in [5.74, 6) is 1.12. The molecule has 0 aromatic heterocycles. The molecule has 0 spiro atoms. The van der Waals surface area contributed by atoms with Crippen molar-refractivity contribution in [1.29, 1.82) is 11.1 Å². The number of hydrogen-bond acceptors (Lipinski definition) is 6. The SMILES string of the molecule is COc1ccc(Cl)cc1N=N.COc1ccc(Cl)cc1N=N.ClCCl.[Cl-].[Cl-]. The van der Waals surface area contributed by atoms with Gasteiger partial charge in [-0.2, -0.15) is 10.2 Å². The Bertz CT molecular complexity index is 634. The number of hydrogen-bond donors (Lipinski definition) is 2. The molecule has 0 aliphatic carbocycles. The molecule has 0 saturated heterocycles. The molecule has 0 atom stereocenters. The van der Waals surface area contributed by atoms with Gasteiger partial charge in [0.1, 0.15) is 22.9 Å². The monoisotopic (exact) mass is 494 g/mol. The van der Waals surface area contributed by atoms with Crippen molar-refractivity contribution in [1.82, 2.24) is 0 Å². The molecule has 152 valence electrons. The van der Waals surface area contributed by atoms with Crippen molar-refractivity contribution >= 4 is 57.8 Å². The van der Waals surface area contributed by atoms with E-state index in [1.54, 1.807) is 36.4 Å². The standard InChI is InChI=1S/2C7H7ClN2O.CH2Cl2.2ClH/c2*1-11-7-3-2-5(8)4-6(7)10-9;2-1-3;;/h2*2-4,9H,1H3;1H2;2*1H/p-2. The van der Waals surface area contributed by atoms with Crippen LogP contribution in [0.25, 0.3) is 0 Å². The van der Waals surface area contributed by atoms with Gasteiger partial charge in [0.15, 0.2) is 0 Å². The third kappa shape index (κ3) is 12.1. The lowest BCUT2D eigenvalue weighted by Gasteiger charge is -2.01. The van der Waals surface area contributed by atoms with Crippen molar-refractivity contribution in [3.8, 4) is 11.5 Å². The van der Waals surface area contributed by atoms with Gasteiger partial charge in [0.2, 0.25) is 0 Å². The molecule has 2 aromatic carbocycles. The van der Waals surface area contributed by atoms with Crippen LogP contribution >= 0.6 is 46.4 Å². The molecule has 2 aromatic rings. The molecular weight excluding hydrogens is 481 g/mol. The quantitative estimate of drug-likeness (QED) is 0.495. The zero-order valence-electron chi connectivity index (χ0n) is 14.1. The van der Waals surface area contributed by atoms with Crippen molar-refractivity contribution in [3.63, 3.8) is 0 Å². The summed E-state index contributed by atoms with van der Waals surface area (Å²) in [6.45, 7) is 0. The lowest BCUT2D eigenvalue weighted by molar-refractivity contribution is -0.001000. The molecule has 0 bridgehead atoms. The maximum atomic E-state index is 6.77. The molecule has 0 unspecified atom stereocenters. The molecule has 27 heavy (non-hydrogen) atoms. The number of alkyl halides is 2. The lowest BCUT2D eigenvalue weighted by Crippen LogP contribution is -3.00. The Labute approximate surface area is 190 Å². The fourth-order valence-electron chi connectivity index (χ4n) is 1.50. The molecule has 0 heterocycles. The zero-order chi connectivity index (χ0) is 19.2. The van der Waals surface area contributed by atoms with Crippen molar-refractivity contribution in [2.75, 3.05) is 19.6 Å². The van der Waals surface area contributed by atoms with Crippen LogP contribution in [0.5, 0.6) is 11.5 Å². The number of rotatable bonds is 4. The van der Waals surface area contributed by atoms with E-state index in [1.807, 2.05) is 0 Å². The highest BCUT2D eigenvalue weighted by molar-refractivity contribution is 6.40. The lowest BCUT2D eigenvalue weighted by atomic mass is 10.3. The predicted octanol–water partition coefficient (Wildman–Crippen LogP) is 1.45. The molecule has 0 fully saturated rings. The van der Waals surface area contributed by atoms with E-state index in [0.717, 1.165) is 0 Å². The first-order valence-electron chi connectivity index (χ1n) is 6.51. The normalized spacial score (nSPS) is 8.22. The Kier molecular flexibility index (Phi) is 20.9. The number of nitrogens with zero attached hydrogens (tertiary/aromatic N) is 2. The van der Waals surface area contributed by atoms with E-state index in [0.29, 0.717) is 32.9 Å². The number of halogens is 6. The van der Waals surface area contributed by atoms with Crippen molar-refractivity contribution < 1.29 is 34.3 Å². The summed E-state index contributed by atoms with van der Waals surface area (Å²) in [6.07, 6.45) is 0. The fourth-order valence-corrected chi connectivity index (χ4v) is 1.83. The number of methoxy groups -OCH3 is 2. The van der Waals surface area contributed by atoms with Crippen LogP contribution in [0, 0.1) is 11.1 Å². The van der Waals surface area contributed by atoms with Crippen LogP contribution in [0.15, 0.2) is 46.6 Å². The van der Waals surface area contributed by atoms with Gasteiger partial charge >= 0.3 is 0 Å². The third-order valence-electron chi connectivity index (χ3n) is 2.52. The smallest absolute Gasteiger partial charge is 0.146 e. The molecule has 0 saturated carbocycles. The van der Waals surface area contributed by atoms with Crippen LogP contribution < -0.4 is 34.3 Å². The highest BCUT2D eigenvalue weighted by Gasteiger charge is 2.01. The molecular formula is C15H16Cl6N4O2-2. The molecule has 0 aliphatic rings. The number of benzene rings is 2. The van der Waals surface area contributed by atoms with Crippen LogP contribution in [0.4, 0.5) is 11.4 Å². The molecule has 0 amide bonds. The minimum absolute atomic E-state index is 0. The Morgan fingerprint density at radius 1 is 0.778 bits per heavy atom. The van der Waals surface area contributed by atoms with Gasteiger partial charge in [0.05, 0.1) is 19.6 Å². The van der Waals surface area contributed by atoms with Crippen LogP contribution in [-0.2, 0) is 0 Å². The van der Waals surface area contributed by atoms with Crippen molar-refractivity contribution in [2.45, 2.75) is 0 Å². The van der Waals surface area contributed by atoms with E-state index >= 15 is 0 Å². The average Bonchev–Trinajstić information content (AvgIpc) is 2.62. The molecule has 12 heteroatoms. The summed E-state index contributed by atoms with van der Waals surface area (Å²) < 4.78 is 9.84. The summed E-state index contributed by atoms with van der Waals surface area (Å²) in [5, 5.41) is 7.79. The molecule has 2 N–H and O–H groups in total. The first kappa shape index (κ1) is 30.7. The Morgan fingerprint density at radius 2 is 1.07 bits per heavy atom. The van der Waals surface area contributed by atoms with E-state index in [-0.39, 0.29) is 30.2 Å². The zero-order valence-corrected chi connectivity index (χ0v) is 18.7. The van der Waals surface area contributed by atoms with E-state index in [4.69, 9.17) is 66.9 Å². The fraction of sp³-hybridized carbons (Fsp3) is 0.200. The predicted molar refractivity (Wildman–Crippen MR) is 102 cm³/mol. The third-order valence-corrected chi connectivity index (χ3v) is 2.99. The van der Waals surface area contributed by atoms with Gasteiger partial charge in [-0.05, 0) is 36.4 Å². The minimum Gasteiger partial charge on any atom is -1.00 e. The maximum Gasteiger partial charge on any atom is 0.146 e. The topological polar surface area (TPSA) is 90.9 Å². The second kappa shape index (κ2) is 18.3. The number of ether oxygens (including phenoxy) is 2. The van der Waals surface area contributed by atoms with E-state index in [1.165, 1.54) is 14.2 Å². The van der Waals surface area contributed by atoms with Crippen LogP contribution in [0.1, 0.15) is 0 Å². The van der Waals surface area contributed by atoms with Gasteiger partial charge in [-0.3, -0.25) is 0 Å². The molecule has 2 rings (SSSR count). The second-order valence-electron chi connectivity index (χ2n) is 3.96. The Morgan fingerprint density at radius 3 is 1.30 bits per heavy atom. The van der Waals surface area contributed by atoms with Crippen molar-refractivity contribution in [3.05, 3.63) is 46.4 Å². The van der Waals surface area contributed by atoms with E-state index in [2.05, 4.69) is 10.2 Å². The van der Waals surface area contributed by atoms with Gasteiger partial charge in [0, 0.05) is 10.0 Å². The summed E-state index contributed by atoms with van der Waals surface area (Å²) in [4.78, 5) is 0. The van der Waals surface area contributed by atoms with Crippen LogP contribution in [-0.4, -0.2) is 19.6 Å². The van der Waals surface area contributed by atoms with Crippen LogP contribution in [0.2, 0.25) is 10.0 Å². The first-order valence-corrected chi connectivity index (χ1v) is 8.33. The van der Waals surface area contributed by atoms with Crippen molar-refractivity contribution in [2.24, 2.45) is 10.2 Å². The first-order chi connectivity index (χ1) is 12.0. The summed E-state index contributed by atoms with van der Waals surface area (Å²) >= 11 is 20.8. The Balaban J connectivity index is -0.000000350. The summed E-state index contributed by atoms with van der Waals surface area (Å²) in [6, 6.07) is 9.89.